The lowest BCUT2D eigenvalue weighted by Crippen LogP contribution is -2.59. The van der Waals surface area contributed by atoms with Gasteiger partial charge in [0.2, 0.25) is 41.4 Å². The van der Waals surface area contributed by atoms with E-state index in [1.807, 2.05) is 0 Å². The molecule has 0 aromatic heterocycles. The first-order valence-electron chi connectivity index (χ1n) is 15.3. The van der Waals surface area contributed by atoms with Crippen LogP contribution in [0.5, 0.6) is 0 Å². The van der Waals surface area contributed by atoms with Crippen LogP contribution in [-0.2, 0) is 52.6 Å². The summed E-state index contributed by atoms with van der Waals surface area (Å²) in [5, 5.41) is 35.0. The van der Waals surface area contributed by atoms with Gasteiger partial charge in [0.25, 0.3) is 0 Å². The maximum absolute atomic E-state index is 13.2. The summed E-state index contributed by atoms with van der Waals surface area (Å²) >= 11 is 4.03. The van der Waals surface area contributed by atoms with E-state index in [9.17, 15) is 48.3 Å². The Morgan fingerprint density at radius 2 is 1.37 bits per heavy atom. The predicted molar refractivity (Wildman–Crippen MR) is 171 cm³/mol. The van der Waals surface area contributed by atoms with E-state index < -0.39 is 122 Å². The summed E-state index contributed by atoms with van der Waals surface area (Å²) < 4.78 is 10.6. The van der Waals surface area contributed by atoms with Crippen LogP contribution >= 0.6 is 12.6 Å². The zero-order valence-corrected chi connectivity index (χ0v) is 28.3. The molecule has 7 amide bonds. The highest BCUT2D eigenvalue weighted by Crippen LogP contribution is 2.06. The smallest absolute Gasteiger partial charge is 0.305 e. The lowest BCUT2D eigenvalue weighted by molar-refractivity contribution is -0.141. The standard InChI is InChI=1S/C28H45N7O13S/c1-14(2)23-28(46)29-6-7-47-8-9-48-12-20(37)32-18(13-49)25(43)30-11-19(36)31-15(3)24(42)33-16(4-5-21(38)39)26(44)34-17(10-22(40)41)27(45)35-23/h14-18,23,49H,4-13H2,1-3H3,(H,29,46)(H,30,43)(H,31,36)(H,32,37)(H,33,42)(H,34,44)(H,35,45)(H,38,39)(H,40,41)/t15-,16-,17-,18-,23-/m0/s1. The minimum Gasteiger partial charge on any atom is -0.481 e. The highest BCUT2D eigenvalue weighted by molar-refractivity contribution is 7.80. The molecule has 0 aromatic rings. The molecular formula is C28H45N7O13S. The predicted octanol–water partition coefficient (Wildman–Crippen LogP) is -4.37. The minimum absolute atomic E-state index is 0.00712. The highest BCUT2D eigenvalue weighted by atomic mass is 32.1. The van der Waals surface area contributed by atoms with E-state index in [0.29, 0.717) is 0 Å². The molecule has 5 atom stereocenters. The van der Waals surface area contributed by atoms with E-state index >= 15 is 0 Å². The van der Waals surface area contributed by atoms with E-state index in [1.165, 1.54) is 6.92 Å². The fourth-order valence-electron chi connectivity index (χ4n) is 4.10. The largest absolute Gasteiger partial charge is 0.481 e. The average molecular weight is 720 g/mol. The van der Waals surface area contributed by atoms with Crippen LogP contribution in [0.15, 0.2) is 0 Å². The van der Waals surface area contributed by atoms with E-state index in [1.54, 1.807) is 13.8 Å². The third kappa shape index (κ3) is 16.9. The van der Waals surface area contributed by atoms with Crippen molar-refractivity contribution in [3.05, 3.63) is 0 Å². The van der Waals surface area contributed by atoms with Crippen LogP contribution in [-0.4, -0.2) is 139 Å². The van der Waals surface area contributed by atoms with Crippen molar-refractivity contribution in [3.63, 3.8) is 0 Å². The summed E-state index contributed by atoms with van der Waals surface area (Å²) in [5.74, 6) is -9.42. The summed E-state index contributed by atoms with van der Waals surface area (Å²) in [5.41, 5.74) is 0. The van der Waals surface area contributed by atoms with Gasteiger partial charge in [-0.1, -0.05) is 13.8 Å². The number of carboxylic acid groups (broad SMARTS) is 2. The van der Waals surface area contributed by atoms with E-state index in [2.05, 4.69) is 49.8 Å². The average Bonchev–Trinajstić information content (AvgIpc) is 3.02. The molecule has 1 aliphatic heterocycles. The fourth-order valence-corrected chi connectivity index (χ4v) is 4.36. The van der Waals surface area contributed by atoms with Gasteiger partial charge in [-0.3, -0.25) is 43.2 Å². The summed E-state index contributed by atoms with van der Waals surface area (Å²) in [6.45, 7) is 3.48. The SMILES string of the molecule is CC(C)[C@@H]1NC(=O)[C@H](CC(=O)O)NC(=O)[C@H](CCC(=O)O)NC(=O)[C@H](C)NC(=O)CNC(=O)[C@H](CS)NC(=O)COCCOCCNC1=O. The maximum Gasteiger partial charge on any atom is 0.305 e. The summed E-state index contributed by atoms with van der Waals surface area (Å²) in [6.07, 6.45) is -2.02. The van der Waals surface area contributed by atoms with Crippen LogP contribution in [0.2, 0.25) is 0 Å². The van der Waals surface area contributed by atoms with Gasteiger partial charge in [0.1, 0.15) is 36.8 Å². The lowest BCUT2D eigenvalue weighted by Gasteiger charge is -2.26. The second-order valence-corrected chi connectivity index (χ2v) is 11.5. The fraction of sp³-hybridized carbons (Fsp3) is 0.679. The summed E-state index contributed by atoms with van der Waals surface area (Å²) in [4.78, 5) is 112. The number of rotatable bonds is 7. The lowest BCUT2D eigenvalue weighted by atomic mass is 10.0. The quantitative estimate of drug-likeness (QED) is 0.111. The van der Waals surface area contributed by atoms with Crippen LogP contribution in [0.3, 0.4) is 0 Å². The van der Waals surface area contributed by atoms with Gasteiger partial charge in [0.15, 0.2) is 0 Å². The van der Waals surface area contributed by atoms with Gasteiger partial charge in [0, 0.05) is 18.7 Å². The Bertz CT molecular complexity index is 1220. The number of aliphatic carboxylic acids is 2. The first-order valence-corrected chi connectivity index (χ1v) is 15.9. The Kier molecular flexibility index (Phi) is 19.3. The number of ether oxygens (including phenoxy) is 2. The third-order valence-electron chi connectivity index (χ3n) is 6.72. The van der Waals surface area contributed by atoms with Gasteiger partial charge in [-0.2, -0.15) is 12.6 Å². The van der Waals surface area contributed by atoms with E-state index in [4.69, 9.17) is 14.6 Å². The van der Waals surface area contributed by atoms with Crippen LogP contribution in [0.1, 0.15) is 40.0 Å². The van der Waals surface area contributed by atoms with Crippen molar-refractivity contribution in [2.45, 2.75) is 70.2 Å². The van der Waals surface area contributed by atoms with Crippen LogP contribution in [0.25, 0.3) is 0 Å². The zero-order chi connectivity index (χ0) is 37.1. The first kappa shape index (κ1) is 42.5. The Morgan fingerprint density at radius 1 is 0.735 bits per heavy atom. The molecule has 1 saturated heterocycles. The van der Waals surface area contributed by atoms with Gasteiger partial charge in [-0.15, -0.1) is 0 Å². The van der Waals surface area contributed by atoms with E-state index in [-0.39, 0.29) is 32.1 Å². The molecule has 49 heavy (non-hydrogen) atoms. The number of amides is 7. The number of thiol groups is 1. The van der Waals surface area contributed by atoms with Crippen LogP contribution < -0.4 is 37.2 Å². The molecule has 1 heterocycles. The molecular weight excluding hydrogens is 674 g/mol. The number of hydrogen-bond acceptors (Lipinski definition) is 12. The van der Waals surface area contributed by atoms with Gasteiger partial charge >= 0.3 is 11.9 Å². The molecule has 20 nitrogen and oxygen atoms in total. The van der Waals surface area contributed by atoms with Gasteiger partial charge in [-0.05, 0) is 19.3 Å². The number of carbonyl (C=O) groups excluding carboxylic acids is 7. The monoisotopic (exact) mass is 719 g/mol. The Balaban J connectivity index is 3.25. The van der Waals surface area contributed by atoms with Gasteiger partial charge in [-0.25, -0.2) is 0 Å². The molecule has 9 N–H and O–H groups in total. The molecule has 0 radical (unpaired) electrons. The molecule has 0 saturated carbocycles. The van der Waals surface area contributed by atoms with Gasteiger partial charge in [0.05, 0.1) is 32.8 Å². The molecule has 1 aliphatic rings. The van der Waals surface area contributed by atoms with Crippen molar-refractivity contribution in [2.24, 2.45) is 5.92 Å². The zero-order valence-electron chi connectivity index (χ0n) is 27.4. The minimum atomic E-state index is -1.74. The van der Waals surface area contributed by atoms with Crippen LogP contribution in [0, 0.1) is 5.92 Å². The maximum atomic E-state index is 13.2. The van der Waals surface area contributed by atoms with Crippen molar-refractivity contribution in [3.8, 4) is 0 Å². The normalized spacial score (nSPS) is 25.3. The number of carbonyl (C=O) groups is 9. The van der Waals surface area contributed by atoms with Crippen molar-refractivity contribution >= 4 is 65.9 Å². The Hall–Kier alpha value is -4.50. The molecule has 1 fully saturated rings. The molecule has 21 heteroatoms. The molecule has 0 unspecified atom stereocenters. The van der Waals surface area contributed by atoms with Crippen molar-refractivity contribution in [1.82, 2.24) is 37.2 Å². The molecule has 1 rings (SSSR count). The second-order valence-electron chi connectivity index (χ2n) is 11.1. The van der Waals surface area contributed by atoms with Crippen molar-refractivity contribution in [2.75, 3.05) is 45.3 Å². The van der Waals surface area contributed by atoms with Crippen molar-refractivity contribution < 1.29 is 62.8 Å². The Morgan fingerprint density at radius 3 is 1.98 bits per heavy atom. The van der Waals surface area contributed by atoms with Gasteiger partial charge < -0.3 is 56.9 Å². The number of carboxylic acids is 2. The summed E-state index contributed by atoms with van der Waals surface area (Å²) in [7, 11) is 0. The topological polar surface area (TPSA) is 297 Å². The molecule has 0 bridgehead atoms. The Labute approximate surface area is 287 Å². The molecule has 276 valence electrons. The highest BCUT2D eigenvalue weighted by Gasteiger charge is 2.33. The first-order chi connectivity index (χ1) is 23.0. The number of hydrogen-bond donors (Lipinski definition) is 10. The van der Waals surface area contributed by atoms with Crippen molar-refractivity contribution in [1.29, 1.82) is 0 Å². The molecule has 0 aliphatic carbocycles. The summed E-state index contributed by atoms with van der Waals surface area (Å²) in [6, 6.07) is -6.96. The van der Waals surface area contributed by atoms with Crippen LogP contribution in [0.4, 0.5) is 0 Å². The number of nitrogens with one attached hydrogen (secondary N) is 7. The van der Waals surface area contributed by atoms with E-state index in [0.717, 1.165) is 0 Å². The second kappa shape index (κ2) is 22.2. The third-order valence-corrected chi connectivity index (χ3v) is 7.08. The molecule has 0 aromatic carbocycles. The molecule has 0 spiro atoms.